The molecule has 72 valence electrons. The fourth-order valence-corrected chi connectivity index (χ4v) is 3.05. The predicted molar refractivity (Wildman–Crippen MR) is 60.1 cm³/mol. The van der Waals surface area contributed by atoms with Crippen LogP contribution >= 0.6 is 38.6 Å². The summed E-state index contributed by atoms with van der Waals surface area (Å²) in [5.41, 5.74) is 0. The topological polar surface area (TPSA) is 50.2 Å². The fourth-order valence-electron chi connectivity index (χ4n) is 0.936. The number of nitrogens with zero attached hydrogens (tertiary/aromatic N) is 1. The van der Waals surface area contributed by atoms with Crippen LogP contribution in [0.5, 0.6) is 0 Å². The number of rotatable bonds is 2. The molecule has 3 nitrogen and oxygen atoms in total. The molecule has 2 aromatic rings. The van der Waals surface area contributed by atoms with E-state index in [0.29, 0.717) is 4.88 Å². The summed E-state index contributed by atoms with van der Waals surface area (Å²) < 4.78 is 0.942. The molecular formula is C8H4BrNO2S2. The first-order chi connectivity index (χ1) is 6.66. The summed E-state index contributed by atoms with van der Waals surface area (Å²) in [7, 11) is 0. The van der Waals surface area contributed by atoms with E-state index in [-0.39, 0.29) is 0 Å². The van der Waals surface area contributed by atoms with Crippen LogP contribution in [0.1, 0.15) is 9.67 Å². The Morgan fingerprint density at radius 3 is 2.71 bits per heavy atom. The van der Waals surface area contributed by atoms with E-state index < -0.39 is 5.97 Å². The van der Waals surface area contributed by atoms with Crippen LogP contribution in [0, 0.1) is 0 Å². The van der Waals surface area contributed by atoms with Gasteiger partial charge in [-0.1, -0.05) is 0 Å². The molecule has 6 heteroatoms. The minimum atomic E-state index is -0.892. The summed E-state index contributed by atoms with van der Waals surface area (Å²) in [6.07, 6.45) is 1.71. The molecule has 0 aliphatic rings. The van der Waals surface area contributed by atoms with E-state index in [1.165, 1.54) is 22.7 Å². The first-order valence-electron chi connectivity index (χ1n) is 3.61. The van der Waals surface area contributed by atoms with Crippen molar-refractivity contribution in [2.45, 2.75) is 0 Å². The molecule has 0 saturated heterocycles. The van der Waals surface area contributed by atoms with Crippen LogP contribution in [-0.2, 0) is 0 Å². The van der Waals surface area contributed by atoms with E-state index in [9.17, 15) is 4.79 Å². The molecule has 1 N–H and O–H groups in total. The maximum Gasteiger partial charge on any atom is 0.345 e. The zero-order valence-electron chi connectivity index (χ0n) is 6.73. The number of aromatic nitrogens is 1. The molecule has 0 radical (unpaired) electrons. The second-order valence-electron chi connectivity index (χ2n) is 2.44. The van der Waals surface area contributed by atoms with Gasteiger partial charge in [0.25, 0.3) is 0 Å². The normalized spacial score (nSPS) is 10.4. The van der Waals surface area contributed by atoms with E-state index in [1.54, 1.807) is 18.3 Å². The first kappa shape index (κ1) is 9.82. The van der Waals surface area contributed by atoms with Gasteiger partial charge in [-0.25, -0.2) is 9.78 Å². The second kappa shape index (κ2) is 3.80. The van der Waals surface area contributed by atoms with Crippen LogP contribution in [0.4, 0.5) is 0 Å². The fraction of sp³-hybridized carbons (Fsp3) is 0. The number of carbonyl (C=O) groups is 1. The average molecular weight is 290 g/mol. The number of carboxylic acids is 1. The van der Waals surface area contributed by atoms with Crippen LogP contribution in [-0.4, -0.2) is 16.1 Å². The van der Waals surface area contributed by atoms with Gasteiger partial charge in [-0.05, 0) is 28.1 Å². The highest BCUT2D eigenvalue weighted by molar-refractivity contribution is 9.11. The first-order valence-corrected chi connectivity index (χ1v) is 6.04. The van der Waals surface area contributed by atoms with Gasteiger partial charge in [-0.3, -0.25) is 0 Å². The molecular weight excluding hydrogens is 286 g/mol. The van der Waals surface area contributed by atoms with E-state index in [1.807, 2.05) is 0 Å². The summed E-state index contributed by atoms with van der Waals surface area (Å²) in [6, 6.07) is 3.37. The van der Waals surface area contributed by atoms with Crippen molar-refractivity contribution in [1.29, 1.82) is 0 Å². The number of carboxylic acid groups (broad SMARTS) is 1. The molecule has 2 heterocycles. The SMILES string of the molecule is O=C(O)c1ccc(-c2ncc(Br)s2)s1. The summed E-state index contributed by atoms with van der Waals surface area (Å²) in [6.45, 7) is 0. The molecule has 0 amide bonds. The van der Waals surface area contributed by atoms with Crippen LogP contribution in [0.3, 0.4) is 0 Å². The lowest BCUT2D eigenvalue weighted by atomic mass is 10.4. The Kier molecular flexibility index (Phi) is 2.66. The molecule has 0 aromatic carbocycles. The Labute approximate surface area is 96.2 Å². The van der Waals surface area contributed by atoms with Crippen LogP contribution in [0.25, 0.3) is 9.88 Å². The van der Waals surface area contributed by atoms with Gasteiger partial charge in [-0.2, -0.15) is 0 Å². The highest BCUT2D eigenvalue weighted by atomic mass is 79.9. The lowest BCUT2D eigenvalue weighted by Gasteiger charge is -1.86. The summed E-state index contributed by atoms with van der Waals surface area (Å²) >= 11 is 6.03. The van der Waals surface area contributed by atoms with E-state index >= 15 is 0 Å². The van der Waals surface area contributed by atoms with Crippen LogP contribution < -0.4 is 0 Å². The highest BCUT2D eigenvalue weighted by Crippen LogP contribution is 2.33. The lowest BCUT2D eigenvalue weighted by molar-refractivity contribution is 0.0702. The van der Waals surface area contributed by atoms with Gasteiger partial charge in [-0.15, -0.1) is 22.7 Å². The van der Waals surface area contributed by atoms with Crippen molar-refractivity contribution in [3.8, 4) is 9.88 Å². The lowest BCUT2D eigenvalue weighted by Crippen LogP contribution is -1.89. The molecule has 0 atom stereocenters. The maximum atomic E-state index is 10.6. The molecule has 14 heavy (non-hydrogen) atoms. The predicted octanol–water partition coefficient (Wildman–Crippen LogP) is 3.33. The molecule has 0 bridgehead atoms. The molecule has 0 aliphatic heterocycles. The Morgan fingerprint density at radius 1 is 1.43 bits per heavy atom. The van der Waals surface area contributed by atoms with Gasteiger partial charge in [0, 0.05) is 0 Å². The van der Waals surface area contributed by atoms with Crippen LogP contribution in [0.15, 0.2) is 22.1 Å². The third-order valence-corrected chi connectivity index (χ3v) is 4.22. The molecule has 2 aromatic heterocycles. The van der Waals surface area contributed by atoms with Gasteiger partial charge in [0.2, 0.25) is 0 Å². The number of hydrogen-bond donors (Lipinski definition) is 1. The number of thiophene rings is 1. The Morgan fingerprint density at radius 2 is 2.21 bits per heavy atom. The Bertz CT molecular complexity index is 477. The van der Waals surface area contributed by atoms with Crippen molar-refractivity contribution in [3.63, 3.8) is 0 Å². The average Bonchev–Trinajstić information content (AvgIpc) is 2.70. The minimum Gasteiger partial charge on any atom is -0.477 e. The second-order valence-corrected chi connectivity index (χ2v) is 5.93. The van der Waals surface area contributed by atoms with E-state index in [0.717, 1.165) is 13.7 Å². The van der Waals surface area contributed by atoms with Crippen molar-refractivity contribution in [3.05, 3.63) is 27.0 Å². The van der Waals surface area contributed by atoms with Crippen LogP contribution in [0.2, 0.25) is 0 Å². The zero-order chi connectivity index (χ0) is 10.1. The smallest absolute Gasteiger partial charge is 0.345 e. The molecule has 0 saturated carbocycles. The summed E-state index contributed by atoms with van der Waals surface area (Å²) in [5.74, 6) is -0.892. The monoisotopic (exact) mass is 289 g/mol. The third kappa shape index (κ3) is 1.87. The molecule has 0 aliphatic carbocycles. The van der Waals surface area contributed by atoms with Gasteiger partial charge >= 0.3 is 5.97 Å². The van der Waals surface area contributed by atoms with Gasteiger partial charge < -0.3 is 5.11 Å². The third-order valence-electron chi connectivity index (χ3n) is 1.51. The highest BCUT2D eigenvalue weighted by Gasteiger charge is 2.10. The maximum absolute atomic E-state index is 10.6. The number of halogens is 1. The van der Waals surface area contributed by atoms with Crippen molar-refractivity contribution in [2.24, 2.45) is 0 Å². The Balaban J connectivity index is 2.38. The Hall–Kier alpha value is -0.720. The number of thiazole rings is 1. The van der Waals surface area contributed by atoms with E-state index in [2.05, 4.69) is 20.9 Å². The van der Waals surface area contributed by atoms with Gasteiger partial charge in [0.05, 0.1) is 14.9 Å². The standard InChI is InChI=1S/C8H4BrNO2S2/c9-6-3-10-7(14-6)4-1-2-5(13-4)8(11)12/h1-3H,(H,11,12). The van der Waals surface area contributed by atoms with Gasteiger partial charge in [0.1, 0.15) is 9.88 Å². The molecule has 2 rings (SSSR count). The summed E-state index contributed by atoms with van der Waals surface area (Å²) in [4.78, 5) is 16.0. The van der Waals surface area contributed by atoms with Crippen molar-refractivity contribution < 1.29 is 9.90 Å². The van der Waals surface area contributed by atoms with Gasteiger partial charge in [0.15, 0.2) is 0 Å². The number of aromatic carboxylic acids is 1. The minimum absolute atomic E-state index is 0.339. The molecule has 0 spiro atoms. The molecule has 0 unspecified atom stereocenters. The van der Waals surface area contributed by atoms with Crippen molar-refractivity contribution in [2.75, 3.05) is 0 Å². The summed E-state index contributed by atoms with van der Waals surface area (Å²) in [5, 5.41) is 9.58. The molecule has 0 fully saturated rings. The largest absolute Gasteiger partial charge is 0.477 e. The number of hydrogen-bond acceptors (Lipinski definition) is 4. The van der Waals surface area contributed by atoms with Crippen molar-refractivity contribution >= 4 is 44.6 Å². The van der Waals surface area contributed by atoms with Crippen molar-refractivity contribution in [1.82, 2.24) is 4.98 Å². The quantitative estimate of drug-likeness (QED) is 0.923. The zero-order valence-corrected chi connectivity index (χ0v) is 9.95. The van der Waals surface area contributed by atoms with E-state index in [4.69, 9.17) is 5.11 Å².